The molecule has 0 saturated heterocycles. The number of aromatic nitrogens is 5. The van der Waals surface area contributed by atoms with Crippen molar-refractivity contribution in [3.05, 3.63) is 113 Å². The predicted octanol–water partition coefficient (Wildman–Crippen LogP) is 10.8. The molecule has 5 aromatic heterocycles. The van der Waals surface area contributed by atoms with Gasteiger partial charge in [0.05, 0.1) is 38.8 Å². The molecule has 47 heavy (non-hydrogen) atoms. The van der Waals surface area contributed by atoms with Gasteiger partial charge in [0.1, 0.15) is 0 Å². The Morgan fingerprint density at radius 2 is 1.45 bits per heavy atom. The van der Waals surface area contributed by atoms with Crippen molar-refractivity contribution >= 4 is 43.9 Å². The number of hydrogen-bond donors (Lipinski definition) is 0. The van der Waals surface area contributed by atoms with Crippen molar-refractivity contribution in [1.82, 2.24) is 24.5 Å². The van der Waals surface area contributed by atoms with Crippen LogP contribution >= 0.6 is 0 Å². The third-order valence-electron chi connectivity index (χ3n) is 9.40. The summed E-state index contributed by atoms with van der Waals surface area (Å²) >= 11 is 0. The molecular weight excluding hydrogens is 578 g/mol. The van der Waals surface area contributed by atoms with Gasteiger partial charge in [0, 0.05) is 23.8 Å². The average Bonchev–Trinajstić information content (AvgIpc) is 3.64. The molecule has 6 heteroatoms. The van der Waals surface area contributed by atoms with Crippen molar-refractivity contribution in [2.24, 2.45) is 0 Å². The van der Waals surface area contributed by atoms with Crippen LogP contribution in [-0.2, 0) is 0 Å². The van der Waals surface area contributed by atoms with Crippen LogP contribution in [0.4, 0.5) is 0 Å². The molecule has 0 fully saturated rings. The van der Waals surface area contributed by atoms with Crippen molar-refractivity contribution < 1.29 is 4.42 Å². The summed E-state index contributed by atoms with van der Waals surface area (Å²) in [5.74, 6) is 1.26. The molecule has 0 radical (unpaired) electrons. The fourth-order valence-electron chi connectivity index (χ4n) is 7.00. The fraction of sp³-hybridized carbons (Fsp3) is 0.220. The highest BCUT2D eigenvalue weighted by atomic mass is 16.3. The second-order valence-corrected chi connectivity index (χ2v) is 13.3. The van der Waals surface area contributed by atoms with Crippen LogP contribution in [-0.4, -0.2) is 24.5 Å². The molecule has 0 aliphatic heterocycles. The van der Waals surface area contributed by atoms with E-state index in [0.29, 0.717) is 5.71 Å². The molecule has 0 saturated carbocycles. The molecule has 5 heterocycles. The molecule has 8 aromatic rings. The molecule has 0 unspecified atom stereocenters. The predicted molar refractivity (Wildman–Crippen MR) is 192 cm³/mol. The van der Waals surface area contributed by atoms with Gasteiger partial charge in [-0.2, -0.15) is 0 Å². The zero-order valence-electron chi connectivity index (χ0n) is 27.9. The highest BCUT2D eigenvalue weighted by molar-refractivity contribution is 6.09. The van der Waals surface area contributed by atoms with Crippen LogP contribution in [0.3, 0.4) is 0 Å². The lowest BCUT2D eigenvalue weighted by atomic mass is 9.87. The highest BCUT2D eigenvalue weighted by Crippen LogP contribution is 2.43. The lowest BCUT2D eigenvalue weighted by molar-refractivity contribution is 0.652. The first-order valence-electron chi connectivity index (χ1n) is 16.4. The normalized spacial score (nSPS) is 12.1. The minimum atomic E-state index is 0.236. The maximum absolute atomic E-state index is 6.56. The summed E-state index contributed by atoms with van der Waals surface area (Å²) in [6, 6.07) is 26.2. The van der Waals surface area contributed by atoms with Crippen LogP contribution in [0.15, 0.2) is 89.6 Å². The number of imidazole rings is 1. The van der Waals surface area contributed by atoms with Gasteiger partial charge in [-0.15, -0.1) is 0 Å². The number of benzene rings is 3. The fourth-order valence-corrected chi connectivity index (χ4v) is 7.00. The van der Waals surface area contributed by atoms with E-state index in [0.717, 1.165) is 61.5 Å². The standard InChI is InChI=1S/C41H37N5O/c1-22(2)32-19-30(29-14-13-27-10-8-9-11-28(27)18-29)20-33(23(3)4)38(32)46-37-26(7)42-17-16-35(37)45-40(46)34-21-43-25(6)36-31-15-12-24(5)44-41(31)47-39(34)36/h8-23H,1-7H3. The van der Waals surface area contributed by atoms with Crippen molar-refractivity contribution in [1.29, 1.82) is 0 Å². The van der Waals surface area contributed by atoms with Crippen LogP contribution in [0, 0.1) is 20.8 Å². The molecule has 0 N–H and O–H groups in total. The Hall–Kier alpha value is -5.36. The molecule has 6 nitrogen and oxygen atoms in total. The molecule has 0 bridgehead atoms. The van der Waals surface area contributed by atoms with E-state index in [1.54, 1.807) is 0 Å². The molecule has 0 atom stereocenters. The van der Waals surface area contributed by atoms with E-state index >= 15 is 0 Å². The zero-order valence-corrected chi connectivity index (χ0v) is 27.9. The van der Waals surface area contributed by atoms with Gasteiger partial charge in [0.15, 0.2) is 11.4 Å². The number of furan rings is 1. The van der Waals surface area contributed by atoms with E-state index in [2.05, 4.69) is 99.8 Å². The summed E-state index contributed by atoms with van der Waals surface area (Å²) in [6.45, 7) is 15.2. The highest BCUT2D eigenvalue weighted by Gasteiger charge is 2.27. The lowest BCUT2D eigenvalue weighted by Crippen LogP contribution is -2.10. The number of rotatable bonds is 5. The van der Waals surface area contributed by atoms with E-state index in [9.17, 15) is 0 Å². The third kappa shape index (κ3) is 4.62. The monoisotopic (exact) mass is 615 g/mol. The minimum absolute atomic E-state index is 0.236. The van der Waals surface area contributed by atoms with Crippen molar-refractivity contribution in [3.8, 4) is 28.2 Å². The zero-order chi connectivity index (χ0) is 32.6. The van der Waals surface area contributed by atoms with E-state index in [1.807, 2.05) is 38.4 Å². The van der Waals surface area contributed by atoms with Crippen molar-refractivity contribution in [2.75, 3.05) is 0 Å². The number of pyridine rings is 3. The van der Waals surface area contributed by atoms with E-state index in [4.69, 9.17) is 24.4 Å². The topological polar surface area (TPSA) is 69.6 Å². The second kappa shape index (κ2) is 10.9. The van der Waals surface area contributed by atoms with Gasteiger partial charge >= 0.3 is 0 Å². The van der Waals surface area contributed by atoms with E-state index in [1.165, 1.54) is 33.0 Å². The summed E-state index contributed by atoms with van der Waals surface area (Å²) in [6.07, 6.45) is 3.74. The Bertz CT molecular complexity index is 2490. The molecule has 3 aromatic carbocycles. The van der Waals surface area contributed by atoms with Crippen molar-refractivity contribution in [3.63, 3.8) is 0 Å². The smallest absolute Gasteiger partial charge is 0.227 e. The van der Waals surface area contributed by atoms with Crippen LogP contribution in [0.25, 0.3) is 72.1 Å². The van der Waals surface area contributed by atoms with Gasteiger partial charge in [-0.3, -0.25) is 14.5 Å². The number of nitrogens with zero attached hydrogens (tertiary/aromatic N) is 5. The molecule has 0 spiro atoms. The molecule has 0 aliphatic rings. The van der Waals surface area contributed by atoms with Gasteiger partial charge in [0.25, 0.3) is 0 Å². The van der Waals surface area contributed by atoms with Gasteiger partial charge < -0.3 is 4.42 Å². The lowest BCUT2D eigenvalue weighted by Gasteiger charge is -2.24. The van der Waals surface area contributed by atoms with Crippen LogP contribution in [0.5, 0.6) is 0 Å². The summed E-state index contributed by atoms with van der Waals surface area (Å²) in [7, 11) is 0. The Kier molecular flexibility index (Phi) is 6.72. The third-order valence-corrected chi connectivity index (χ3v) is 9.40. The molecular formula is C41H37N5O. The summed E-state index contributed by atoms with van der Waals surface area (Å²) < 4.78 is 8.89. The minimum Gasteiger partial charge on any atom is -0.437 e. The Labute approximate surface area is 274 Å². The van der Waals surface area contributed by atoms with Crippen LogP contribution in [0.2, 0.25) is 0 Å². The first kappa shape index (κ1) is 29.1. The number of fused-ring (bicyclic) bond motifs is 5. The van der Waals surface area contributed by atoms with Gasteiger partial charge in [0.2, 0.25) is 5.71 Å². The number of aryl methyl sites for hydroxylation is 3. The Morgan fingerprint density at radius 1 is 0.702 bits per heavy atom. The van der Waals surface area contributed by atoms with Gasteiger partial charge in [-0.05, 0) is 102 Å². The van der Waals surface area contributed by atoms with Crippen LogP contribution in [0.1, 0.15) is 67.7 Å². The first-order chi connectivity index (χ1) is 22.7. The molecule has 8 rings (SSSR count). The van der Waals surface area contributed by atoms with Crippen molar-refractivity contribution in [2.45, 2.75) is 60.3 Å². The molecule has 0 amide bonds. The SMILES string of the molecule is Cc1ccc2c(n1)oc1c(-c3nc4ccnc(C)c4n3-c3c(C(C)C)cc(-c4ccc5ccccc5c4)cc3C(C)C)cnc(C)c12. The maximum Gasteiger partial charge on any atom is 0.227 e. The average molecular weight is 616 g/mol. The number of hydrogen-bond acceptors (Lipinski definition) is 5. The van der Waals surface area contributed by atoms with E-state index < -0.39 is 0 Å². The first-order valence-corrected chi connectivity index (χ1v) is 16.4. The Balaban J connectivity index is 1.47. The van der Waals surface area contributed by atoms with E-state index in [-0.39, 0.29) is 11.8 Å². The summed E-state index contributed by atoms with van der Waals surface area (Å²) in [4.78, 5) is 19.7. The Morgan fingerprint density at radius 3 is 2.19 bits per heavy atom. The molecule has 232 valence electrons. The van der Waals surface area contributed by atoms with Crippen LogP contribution < -0.4 is 0 Å². The largest absolute Gasteiger partial charge is 0.437 e. The van der Waals surface area contributed by atoms with Gasteiger partial charge in [-0.1, -0.05) is 64.1 Å². The molecule has 0 aliphatic carbocycles. The summed E-state index contributed by atoms with van der Waals surface area (Å²) in [5.41, 5.74) is 12.9. The second-order valence-electron chi connectivity index (χ2n) is 13.3. The maximum atomic E-state index is 6.56. The summed E-state index contributed by atoms with van der Waals surface area (Å²) in [5, 5.41) is 4.41. The van der Waals surface area contributed by atoms with Gasteiger partial charge in [-0.25, -0.2) is 9.97 Å². The quantitative estimate of drug-likeness (QED) is 0.193.